The molecule has 2 aliphatic rings. The van der Waals surface area contributed by atoms with Crippen LogP contribution in [0.1, 0.15) is 43.0 Å². The van der Waals surface area contributed by atoms with Gasteiger partial charge < -0.3 is 4.90 Å². The van der Waals surface area contributed by atoms with Crippen LogP contribution < -0.4 is 0 Å². The molecule has 4 heterocycles. The third kappa shape index (κ3) is 3.06. The highest BCUT2D eigenvalue weighted by Gasteiger charge is 2.39. The van der Waals surface area contributed by atoms with Gasteiger partial charge in [0.15, 0.2) is 0 Å². The van der Waals surface area contributed by atoms with Crippen LogP contribution in [0, 0.1) is 0 Å². The summed E-state index contributed by atoms with van der Waals surface area (Å²) in [5.74, 6) is 0.865. The van der Waals surface area contributed by atoms with Crippen LogP contribution in [0.15, 0.2) is 37.1 Å². The van der Waals surface area contributed by atoms with Crippen LogP contribution in [0.25, 0.3) is 5.82 Å². The van der Waals surface area contributed by atoms with E-state index in [2.05, 4.69) is 26.7 Å². The number of carbonyl (C=O) groups excluding carboxylic acids is 1. The molecule has 0 spiro atoms. The van der Waals surface area contributed by atoms with Gasteiger partial charge in [0.1, 0.15) is 12.1 Å². The molecule has 0 saturated carbocycles. The highest BCUT2D eigenvalue weighted by Crippen LogP contribution is 2.31. The Labute approximate surface area is 148 Å². The van der Waals surface area contributed by atoms with Gasteiger partial charge >= 0.3 is 0 Å². The van der Waals surface area contributed by atoms with Gasteiger partial charge in [0.2, 0.25) is 0 Å². The van der Waals surface area contributed by atoms with Crippen LogP contribution in [0.4, 0.5) is 0 Å². The van der Waals surface area contributed by atoms with E-state index in [1.165, 1.54) is 19.4 Å². The second-order valence-corrected chi connectivity index (χ2v) is 6.92. The van der Waals surface area contributed by atoms with E-state index in [1.54, 1.807) is 18.7 Å². The lowest BCUT2D eigenvalue weighted by molar-refractivity contribution is 0.0650. The molecule has 132 valence electrons. The lowest BCUT2D eigenvalue weighted by Crippen LogP contribution is -2.48. The Kier molecular flexibility index (Phi) is 4.53. The number of likely N-dealkylation sites (N-methyl/N-ethyl adjacent to an activating group) is 1. The summed E-state index contributed by atoms with van der Waals surface area (Å²) in [6.45, 7) is 5.32. The minimum absolute atomic E-state index is 0.134. The third-order valence-corrected chi connectivity index (χ3v) is 5.59. The summed E-state index contributed by atoms with van der Waals surface area (Å²) in [6.07, 6.45) is 11.6. The molecule has 25 heavy (non-hydrogen) atoms. The summed E-state index contributed by atoms with van der Waals surface area (Å²) in [7, 11) is 0. The molecule has 4 rings (SSSR count). The molecule has 0 aliphatic carbocycles. The molecular formula is C19H25N5O. The van der Waals surface area contributed by atoms with Gasteiger partial charge in [-0.15, -0.1) is 0 Å². The van der Waals surface area contributed by atoms with Gasteiger partial charge in [0.25, 0.3) is 5.91 Å². The van der Waals surface area contributed by atoms with Crippen LogP contribution in [0.2, 0.25) is 0 Å². The van der Waals surface area contributed by atoms with Gasteiger partial charge in [0.05, 0.1) is 0 Å². The smallest absolute Gasteiger partial charge is 0.254 e. The fourth-order valence-electron chi connectivity index (χ4n) is 4.38. The highest BCUT2D eigenvalue weighted by atomic mass is 16.2. The molecule has 2 atom stereocenters. The van der Waals surface area contributed by atoms with Crippen LogP contribution in [0.3, 0.4) is 0 Å². The Morgan fingerprint density at radius 1 is 1.20 bits per heavy atom. The lowest BCUT2D eigenvalue weighted by atomic mass is 10.0. The molecule has 0 radical (unpaired) electrons. The van der Waals surface area contributed by atoms with Gasteiger partial charge in [-0.05, 0) is 50.9 Å². The molecule has 2 aliphatic heterocycles. The molecule has 2 aromatic heterocycles. The number of likely N-dealkylation sites (tertiary alicyclic amines) is 2. The summed E-state index contributed by atoms with van der Waals surface area (Å²) in [5, 5.41) is 0. The zero-order valence-electron chi connectivity index (χ0n) is 14.7. The Balaban J connectivity index is 1.57. The number of imidazole rings is 1. The third-order valence-electron chi connectivity index (χ3n) is 5.59. The largest absolute Gasteiger partial charge is 0.334 e. The van der Waals surface area contributed by atoms with E-state index in [9.17, 15) is 4.79 Å². The number of hydrogen-bond donors (Lipinski definition) is 0. The molecular weight excluding hydrogens is 314 g/mol. The van der Waals surface area contributed by atoms with Crippen molar-refractivity contribution in [3.8, 4) is 5.82 Å². The Bertz CT molecular complexity index is 729. The summed E-state index contributed by atoms with van der Waals surface area (Å²) in [6, 6.07) is 4.56. The van der Waals surface area contributed by atoms with E-state index in [1.807, 2.05) is 22.9 Å². The van der Waals surface area contributed by atoms with Crippen LogP contribution >= 0.6 is 0 Å². The topological polar surface area (TPSA) is 54.3 Å². The molecule has 2 saturated heterocycles. The average molecular weight is 339 g/mol. The monoisotopic (exact) mass is 339 g/mol. The SMILES string of the molecule is CCN1CCC[C@H]1[C@H]1CCCN1C(=O)c1ccnc(-n2ccnc2)c1. The number of nitrogens with zero attached hydrogens (tertiary/aromatic N) is 5. The first-order valence-corrected chi connectivity index (χ1v) is 9.27. The predicted octanol–water partition coefficient (Wildman–Crippen LogP) is 2.36. The van der Waals surface area contributed by atoms with Crippen molar-refractivity contribution in [3.05, 3.63) is 42.6 Å². The maximum absolute atomic E-state index is 13.2. The van der Waals surface area contributed by atoms with Crippen molar-refractivity contribution in [2.75, 3.05) is 19.6 Å². The number of amides is 1. The number of pyridine rings is 1. The minimum Gasteiger partial charge on any atom is -0.334 e. The summed E-state index contributed by atoms with van der Waals surface area (Å²) in [5.41, 5.74) is 0.714. The van der Waals surface area contributed by atoms with E-state index in [-0.39, 0.29) is 5.91 Å². The van der Waals surface area contributed by atoms with E-state index < -0.39 is 0 Å². The first-order chi connectivity index (χ1) is 12.3. The number of hydrogen-bond acceptors (Lipinski definition) is 4. The second-order valence-electron chi connectivity index (χ2n) is 6.92. The first-order valence-electron chi connectivity index (χ1n) is 9.27. The molecule has 1 amide bonds. The quantitative estimate of drug-likeness (QED) is 0.858. The van der Waals surface area contributed by atoms with Crippen molar-refractivity contribution in [2.45, 2.75) is 44.7 Å². The van der Waals surface area contributed by atoms with Gasteiger partial charge in [-0.2, -0.15) is 0 Å². The highest BCUT2D eigenvalue weighted by molar-refractivity contribution is 5.95. The van der Waals surface area contributed by atoms with E-state index >= 15 is 0 Å². The molecule has 0 N–H and O–H groups in total. The summed E-state index contributed by atoms with van der Waals surface area (Å²) < 4.78 is 1.83. The fraction of sp³-hybridized carbons (Fsp3) is 0.526. The zero-order chi connectivity index (χ0) is 17.2. The Hall–Kier alpha value is -2.21. The van der Waals surface area contributed by atoms with Crippen molar-refractivity contribution < 1.29 is 4.79 Å². The normalized spacial score (nSPS) is 24.1. The predicted molar refractivity (Wildman–Crippen MR) is 95.7 cm³/mol. The first kappa shape index (κ1) is 16.3. The van der Waals surface area contributed by atoms with Crippen molar-refractivity contribution in [2.24, 2.45) is 0 Å². The maximum Gasteiger partial charge on any atom is 0.254 e. The number of aromatic nitrogens is 3. The van der Waals surface area contributed by atoms with Crippen molar-refractivity contribution in [1.82, 2.24) is 24.3 Å². The van der Waals surface area contributed by atoms with Crippen LogP contribution in [-0.4, -0.2) is 62.0 Å². The van der Waals surface area contributed by atoms with E-state index in [0.29, 0.717) is 17.6 Å². The van der Waals surface area contributed by atoms with Gasteiger partial charge in [0, 0.05) is 42.8 Å². The summed E-state index contributed by atoms with van der Waals surface area (Å²) in [4.78, 5) is 26.2. The maximum atomic E-state index is 13.2. The van der Waals surface area contributed by atoms with E-state index in [0.717, 1.165) is 31.7 Å². The molecule has 6 heteroatoms. The zero-order valence-corrected chi connectivity index (χ0v) is 14.7. The molecule has 0 bridgehead atoms. The molecule has 2 fully saturated rings. The second kappa shape index (κ2) is 6.96. The van der Waals surface area contributed by atoms with Gasteiger partial charge in [-0.3, -0.25) is 14.3 Å². The average Bonchev–Trinajstić information content (AvgIpc) is 3.41. The van der Waals surface area contributed by atoms with Crippen molar-refractivity contribution >= 4 is 5.91 Å². The van der Waals surface area contributed by atoms with E-state index in [4.69, 9.17) is 0 Å². The van der Waals surface area contributed by atoms with Crippen molar-refractivity contribution in [3.63, 3.8) is 0 Å². The standard InChI is InChI=1S/C19H25N5O/c1-2-22-10-3-5-16(22)17-6-4-11-24(17)19(25)15-7-8-21-18(13-15)23-12-9-20-14-23/h7-9,12-14,16-17H,2-6,10-11H2,1H3/t16-,17+/m0/s1. The Morgan fingerprint density at radius 3 is 2.84 bits per heavy atom. The lowest BCUT2D eigenvalue weighted by Gasteiger charge is -2.34. The summed E-state index contributed by atoms with van der Waals surface area (Å²) >= 11 is 0. The van der Waals surface area contributed by atoms with Crippen molar-refractivity contribution in [1.29, 1.82) is 0 Å². The van der Waals surface area contributed by atoms with Crippen LogP contribution in [0.5, 0.6) is 0 Å². The minimum atomic E-state index is 0.134. The molecule has 0 aromatic carbocycles. The van der Waals surface area contributed by atoms with Crippen LogP contribution in [-0.2, 0) is 0 Å². The molecule has 0 unspecified atom stereocenters. The number of rotatable bonds is 4. The van der Waals surface area contributed by atoms with Gasteiger partial charge in [-0.25, -0.2) is 9.97 Å². The Morgan fingerprint density at radius 2 is 2.04 bits per heavy atom. The number of carbonyl (C=O) groups is 1. The molecule has 6 nitrogen and oxygen atoms in total. The molecule has 2 aromatic rings. The fourth-order valence-corrected chi connectivity index (χ4v) is 4.38. The van der Waals surface area contributed by atoms with Gasteiger partial charge in [-0.1, -0.05) is 6.92 Å².